The third kappa shape index (κ3) is 2.54. The molecular weight excluding hydrogens is 168 g/mol. The van der Waals surface area contributed by atoms with Crippen LogP contribution < -0.4 is 0 Å². The van der Waals surface area contributed by atoms with E-state index in [1.54, 1.807) is 0 Å². The van der Waals surface area contributed by atoms with Gasteiger partial charge < -0.3 is 4.74 Å². The molecule has 0 aliphatic heterocycles. The molecule has 1 nitrogen and oxygen atoms in total. The average Bonchev–Trinajstić information content (AvgIpc) is 2.06. The Hall–Kier alpha value is -0.470. The van der Waals surface area contributed by atoms with Crippen LogP contribution >= 0.6 is 12.6 Å². The molecule has 0 bridgehead atoms. The van der Waals surface area contributed by atoms with Gasteiger partial charge in [0.15, 0.2) is 0 Å². The monoisotopic (exact) mass is 182 g/mol. The number of hydrogen-bond acceptors (Lipinski definition) is 2. The largest absolute Gasteiger partial charge is 0.374 e. The van der Waals surface area contributed by atoms with Crippen molar-refractivity contribution < 1.29 is 4.74 Å². The molecule has 1 atom stereocenters. The van der Waals surface area contributed by atoms with Crippen LogP contribution in [0.25, 0.3) is 0 Å². The lowest BCUT2D eigenvalue weighted by Gasteiger charge is -2.11. The number of thiol groups is 1. The van der Waals surface area contributed by atoms with Crippen molar-refractivity contribution in [3.63, 3.8) is 0 Å². The maximum absolute atomic E-state index is 5.44. The van der Waals surface area contributed by atoms with Gasteiger partial charge in [-0.1, -0.05) is 12.1 Å². The molecule has 0 amide bonds. The van der Waals surface area contributed by atoms with Gasteiger partial charge in [-0.05, 0) is 31.5 Å². The van der Waals surface area contributed by atoms with Gasteiger partial charge in [0.25, 0.3) is 0 Å². The summed E-state index contributed by atoms with van der Waals surface area (Å²) in [5.74, 6) is 0. The topological polar surface area (TPSA) is 9.23 Å². The second-order valence-corrected chi connectivity index (χ2v) is 3.21. The van der Waals surface area contributed by atoms with Crippen LogP contribution in [-0.4, -0.2) is 6.61 Å². The van der Waals surface area contributed by atoms with Crippen molar-refractivity contribution in [3.05, 3.63) is 29.8 Å². The molecule has 0 unspecified atom stereocenters. The van der Waals surface area contributed by atoms with Crippen molar-refractivity contribution in [3.8, 4) is 0 Å². The molecule has 0 saturated carbocycles. The summed E-state index contributed by atoms with van der Waals surface area (Å²) in [4.78, 5) is 0.988. The number of benzene rings is 1. The van der Waals surface area contributed by atoms with Crippen LogP contribution in [0.15, 0.2) is 29.2 Å². The molecular formula is C10H14OS. The van der Waals surface area contributed by atoms with Gasteiger partial charge in [0.05, 0.1) is 6.10 Å². The van der Waals surface area contributed by atoms with E-state index in [0.29, 0.717) is 0 Å². The number of rotatable bonds is 3. The third-order valence-electron chi connectivity index (χ3n) is 1.78. The van der Waals surface area contributed by atoms with Gasteiger partial charge in [0.1, 0.15) is 0 Å². The molecule has 0 aliphatic carbocycles. The first-order valence-corrected chi connectivity index (χ1v) is 4.59. The molecule has 0 spiro atoms. The summed E-state index contributed by atoms with van der Waals surface area (Å²) in [6, 6.07) is 8.05. The third-order valence-corrected chi connectivity index (χ3v) is 2.08. The molecule has 0 heterocycles. The predicted molar refractivity (Wildman–Crippen MR) is 53.7 cm³/mol. The first-order valence-electron chi connectivity index (χ1n) is 4.14. The smallest absolute Gasteiger partial charge is 0.0796 e. The minimum absolute atomic E-state index is 0.184. The molecule has 2 heteroatoms. The van der Waals surface area contributed by atoms with E-state index in [9.17, 15) is 0 Å². The Bertz CT molecular complexity index is 230. The SMILES string of the molecule is CCO[C@H](C)c1ccc(S)cc1. The quantitative estimate of drug-likeness (QED) is 0.707. The molecule has 66 valence electrons. The van der Waals surface area contributed by atoms with E-state index in [2.05, 4.69) is 19.6 Å². The Balaban J connectivity index is 2.68. The van der Waals surface area contributed by atoms with Gasteiger partial charge in [0, 0.05) is 11.5 Å². The van der Waals surface area contributed by atoms with Gasteiger partial charge in [-0.2, -0.15) is 0 Å². The van der Waals surface area contributed by atoms with E-state index in [1.165, 1.54) is 5.56 Å². The minimum atomic E-state index is 0.184. The number of ether oxygens (including phenoxy) is 1. The van der Waals surface area contributed by atoms with Crippen molar-refractivity contribution in [1.82, 2.24) is 0 Å². The van der Waals surface area contributed by atoms with Crippen LogP contribution in [0, 0.1) is 0 Å². The second kappa shape index (κ2) is 4.53. The molecule has 1 aromatic carbocycles. The van der Waals surface area contributed by atoms with Crippen molar-refractivity contribution in [2.75, 3.05) is 6.61 Å². The maximum atomic E-state index is 5.44. The van der Waals surface area contributed by atoms with E-state index in [-0.39, 0.29) is 6.10 Å². The maximum Gasteiger partial charge on any atom is 0.0796 e. The highest BCUT2D eigenvalue weighted by atomic mass is 32.1. The fourth-order valence-corrected chi connectivity index (χ4v) is 1.24. The predicted octanol–water partition coefficient (Wildman–Crippen LogP) is 3.07. The first kappa shape index (κ1) is 9.62. The highest BCUT2D eigenvalue weighted by molar-refractivity contribution is 7.80. The van der Waals surface area contributed by atoms with E-state index in [0.717, 1.165) is 11.5 Å². The minimum Gasteiger partial charge on any atom is -0.374 e. The lowest BCUT2D eigenvalue weighted by atomic mass is 10.1. The Morgan fingerprint density at radius 2 is 1.92 bits per heavy atom. The summed E-state index contributed by atoms with van der Waals surface area (Å²) in [5, 5.41) is 0. The van der Waals surface area contributed by atoms with Crippen LogP contribution in [0.4, 0.5) is 0 Å². The number of hydrogen-bond donors (Lipinski definition) is 1. The fraction of sp³-hybridized carbons (Fsp3) is 0.400. The second-order valence-electron chi connectivity index (χ2n) is 2.69. The zero-order valence-electron chi connectivity index (χ0n) is 7.45. The van der Waals surface area contributed by atoms with Crippen molar-refractivity contribution in [2.45, 2.75) is 24.8 Å². The fourth-order valence-electron chi connectivity index (χ4n) is 1.09. The van der Waals surface area contributed by atoms with E-state index < -0.39 is 0 Å². The highest BCUT2D eigenvalue weighted by Gasteiger charge is 2.02. The van der Waals surface area contributed by atoms with E-state index in [4.69, 9.17) is 4.74 Å². The first-order chi connectivity index (χ1) is 5.74. The zero-order valence-corrected chi connectivity index (χ0v) is 8.34. The van der Waals surface area contributed by atoms with Crippen LogP contribution in [0.5, 0.6) is 0 Å². The van der Waals surface area contributed by atoms with Crippen LogP contribution in [0.2, 0.25) is 0 Å². The van der Waals surface area contributed by atoms with Crippen LogP contribution in [0.1, 0.15) is 25.5 Å². The van der Waals surface area contributed by atoms with Gasteiger partial charge in [-0.3, -0.25) is 0 Å². The summed E-state index contributed by atoms with van der Waals surface area (Å²) < 4.78 is 5.44. The van der Waals surface area contributed by atoms with Crippen molar-refractivity contribution in [1.29, 1.82) is 0 Å². The van der Waals surface area contributed by atoms with Gasteiger partial charge in [-0.25, -0.2) is 0 Å². The Morgan fingerprint density at radius 3 is 2.42 bits per heavy atom. The van der Waals surface area contributed by atoms with E-state index in [1.807, 2.05) is 31.2 Å². The standard InChI is InChI=1S/C10H14OS/c1-3-11-8(2)9-4-6-10(12)7-5-9/h4-8,12H,3H2,1-2H3/t8-/m1/s1. The summed E-state index contributed by atoms with van der Waals surface area (Å²) in [5.41, 5.74) is 1.20. The summed E-state index contributed by atoms with van der Waals surface area (Å²) in [7, 11) is 0. The molecule has 0 radical (unpaired) electrons. The van der Waals surface area contributed by atoms with Gasteiger partial charge >= 0.3 is 0 Å². The Kier molecular flexibility index (Phi) is 3.63. The van der Waals surface area contributed by atoms with Crippen LogP contribution in [0.3, 0.4) is 0 Å². The average molecular weight is 182 g/mol. The zero-order chi connectivity index (χ0) is 8.97. The Morgan fingerprint density at radius 1 is 1.33 bits per heavy atom. The van der Waals surface area contributed by atoms with Gasteiger partial charge in [-0.15, -0.1) is 12.6 Å². The summed E-state index contributed by atoms with van der Waals surface area (Å²) >= 11 is 4.21. The molecule has 12 heavy (non-hydrogen) atoms. The molecule has 0 saturated heterocycles. The molecule has 0 N–H and O–H groups in total. The molecule has 1 rings (SSSR count). The highest BCUT2D eigenvalue weighted by Crippen LogP contribution is 2.17. The van der Waals surface area contributed by atoms with Crippen molar-refractivity contribution in [2.24, 2.45) is 0 Å². The molecule has 1 aromatic rings. The molecule has 0 aromatic heterocycles. The lowest BCUT2D eigenvalue weighted by molar-refractivity contribution is 0.0764. The van der Waals surface area contributed by atoms with Gasteiger partial charge in [0.2, 0.25) is 0 Å². The van der Waals surface area contributed by atoms with Crippen molar-refractivity contribution >= 4 is 12.6 Å². The van der Waals surface area contributed by atoms with Crippen LogP contribution in [-0.2, 0) is 4.74 Å². The summed E-state index contributed by atoms with van der Waals surface area (Å²) in [6.07, 6.45) is 0.184. The summed E-state index contributed by atoms with van der Waals surface area (Å²) in [6.45, 7) is 4.81. The lowest BCUT2D eigenvalue weighted by Crippen LogP contribution is -1.98. The van der Waals surface area contributed by atoms with E-state index >= 15 is 0 Å². The molecule has 0 aliphatic rings. The Labute approximate surface area is 79.2 Å². The normalized spacial score (nSPS) is 12.9. The molecule has 0 fully saturated rings.